The normalized spacial score (nSPS) is 17.6. The fourth-order valence-corrected chi connectivity index (χ4v) is 5.42. The lowest BCUT2D eigenvalue weighted by Gasteiger charge is -2.37. The Bertz CT molecular complexity index is 1460. The van der Waals surface area contributed by atoms with Gasteiger partial charge in [0.05, 0.1) is 18.1 Å². The van der Waals surface area contributed by atoms with E-state index in [1.165, 1.54) is 0 Å². The second-order valence-electron chi connectivity index (χ2n) is 10.1. The van der Waals surface area contributed by atoms with Gasteiger partial charge >= 0.3 is 0 Å². The second-order valence-corrected chi connectivity index (χ2v) is 10.1. The standard InChI is InChI=1S/C28H28F2N6O/c1-18-24(32-13-12-31-18)25-23(27(37)35-16-19(15-29)17-35)26-33-22(9-14-36(26)34-25)20-5-7-21(8-6-20)28(30)10-3-2-4-11-28/h5-9,12-14,19H,2-4,10-11,15-17H2,1H3. The Hall–Kier alpha value is -3.75. The largest absolute Gasteiger partial charge is 0.338 e. The van der Waals surface area contributed by atoms with Crippen LogP contribution in [0.25, 0.3) is 28.3 Å². The van der Waals surface area contributed by atoms with Gasteiger partial charge < -0.3 is 4.90 Å². The number of likely N-dealkylation sites (tertiary alicyclic amines) is 1. The van der Waals surface area contributed by atoms with Crippen molar-refractivity contribution in [2.75, 3.05) is 19.8 Å². The smallest absolute Gasteiger partial charge is 0.260 e. The molecule has 7 nitrogen and oxygen atoms in total. The first kappa shape index (κ1) is 23.6. The summed E-state index contributed by atoms with van der Waals surface area (Å²) in [6.45, 7) is 2.08. The lowest BCUT2D eigenvalue weighted by Crippen LogP contribution is -2.50. The lowest BCUT2D eigenvalue weighted by atomic mass is 9.81. The van der Waals surface area contributed by atoms with Crippen molar-refractivity contribution in [3.8, 4) is 22.6 Å². The van der Waals surface area contributed by atoms with Crippen LogP contribution in [0.3, 0.4) is 0 Å². The molecule has 1 aromatic carbocycles. The monoisotopic (exact) mass is 502 g/mol. The van der Waals surface area contributed by atoms with Crippen molar-refractivity contribution < 1.29 is 13.6 Å². The summed E-state index contributed by atoms with van der Waals surface area (Å²) in [5.74, 6) is -0.395. The minimum Gasteiger partial charge on any atom is -0.338 e. The van der Waals surface area contributed by atoms with E-state index in [-0.39, 0.29) is 11.8 Å². The molecule has 0 spiro atoms. The molecule has 1 amide bonds. The maximum atomic E-state index is 15.4. The van der Waals surface area contributed by atoms with Crippen LogP contribution in [0.1, 0.15) is 53.7 Å². The Kier molecular flexibility index (Phi) is 5.93. The van der Waals surface area contributed by atoms with E-state index in [0.29, 0.717) is 65.5 Å². The number of aryl methyl sites for hydroxylation is 1. The van der Waals surface area contributed by atoms with Crippen molar-refractivity contribution >= 4 is 11.6 Å². The van der Waals surface area contributed by atoms with Gasteiger partial charge in [0.1, 0.15) is 22.6 Å². The molecular weight excluding hydrogens is 474 g/mol. The quantitative estimate of drug-likeness (QED) is 0.369. The van der Waals surface area contributed by atoms with Crippen LogP contribution in [-0.2, 0) is 5.67 Å². The Morgan fingerprint density at radius 2 is 1.76 bits per heavy atom. The average Bonchev–Trinajstić information content (AvgIpc) is 3.27. The van der Waals surface area contributed by atoms with Gasteiger partial charge in [0.15, 0.2) is 5.65 Å². The van der Waals surface area contributed by atoms with E-state index in [1.54, 1.807) is 28.0 Å². The third-order valence-electron chi connectivity index (χ3n) is 7.61. The molecule has 0 N–H and O–H groups in total. The molecule has 0 atom stereocenters. The molecule has 4 heterocycles. The van der Waals surface area contributed by atoms with Gasteiger partial charge in [-0.1, -0.05) is 30.7 Å². The molecule has 2 aliphatic rings. The van der Waals surface area contributed by atoms with Crippen LogP contribution in [0, 0.1) is 12.8 Å². The van der Waals surface area contributed by atoms with E-state index in [4.69, 9.17) is 4.98 Å². The molecule has 0 bridgehead atoms. The number of carbonyl (C=O) groups is 1. The van der Waals surface area contributed by atoms with Crippen LogP contribution in [0.2, 0.25) is 0 Å². The zero-order valence-corrected chi connectivity index (χ0v) is 20.7. The van der Waals surface area contributed by atoms with Crippen molar-refractivity contribution in [1.29, 1.82) is 0 Å². The fraction of sp³-hybridized carbons (Fsp3) is 0.393. The van der Waals surface area contributed by atoms with Gasteiger partial charge in [-0.15, -0.1) is 0 Å². The number of aromatic nitrogens is 5. The number of amides is 1. The van der Waals surface area contributed by atoms with Crippen LogP contribution < -0.4 is 0 Å². The second kappa shape index (κ2) is 9.28. The Balaban J connectivity index is 1.41. The van der Waals surface area contributed by atoms with E-state index in [2.05, 4.69) is 15.1 Å². The predicted molar refractivity (Wildman–Crippen MR) is 135 cm³/mol. The van der Waals surface area contributed by atoms with Crippen LogP contribution in [0.15, 0.2) is 48.9 Å². The number of halogens is 2. The topological polar surface area (TPSA) is 76.3 Å². The first-order valence-corrected chi connectivity index (χ1v) is 12.8. The third-order valence-corrected chi connectivity index (χ3v) is 7.61. The van der Waals surface area contributed by atoms with Gasteiger partial charge in [-0.05, 0) is 44.2 Å². The van der Waals surface area contributed by atoms with Gasteiger partial charge in [-0.2, -0.15) is 5.10 Å². The molecule has 4 aromatic rings. The molecule has 0 unspecified atom stereocenters. The maximum Gasteiger partial charge on any atom is 0.260 e. The average molecular weight is 503 g/mol. The van der Waals surface area contributed by atoms with Gasteiger partial charge in [0.25, 0.3) is 5.91 Å². The summed E-state index contributed by atoms with van der Waals surface area (Å²) in [5.41, 5.74) is 3.18. The number of hydrogen-bond donors (Lipinski definition) is 0. The molecule has 1 saturated carbocycles. The summed E-state index contributed by atoms with van der Waals surface area (Å²) >= 11 is 0. The highest BCUT2D eigenvalue weighted by molar-refractivity contribution is 6.06. The minimum atomic E-state index is -1.27. The number of fused-ring (bicyclic) bond motifs is 1. The van der Waals surface area contributed by atoms with E-state index in [0.717, 1.165) is 24.8 Å². The summed E-state index contributed by atoms with van der Waals surface area (Å²) in [5, 5.41) is 4.64. The summed E-state index contributed by atoms with van der Waals surface area (Å²) < 4.78 is 30.1. The molecule has 0 radical (unpaired) electrons. The molecule has 2 fully saturated rings. The van der Waals surface area contributed by atoms with Crippen LogP contribution in [0.4, 0.5) is 8.78 Å². The molecule has 190 valence electrons. The molecule has 1 aliphatic heterocycles. The first-order valence-electron chi connectivity index (χ1n) is 12.8. The number of alkyl halides is 2. The summed E-state index contributed by atoms with van der Waals surface area (Å²) in [4.78, 5) is 28.8. The minimum absolute atomic E-state index is 0.141. The molecule has 1 saturated heterocycles. The van der Waals surface area contributed by atoms with Crippen molar-refractivity contribution in [2.45, 2.75) is 44.7 Å². The molecule has 1 aliphatic carbocycles. The van der Waals surface area contributed by atoms with Crippen LogP contribution >= 0.6 is 0 Å². The van der Waals surface area contributed by atoms with Crippen LogP contribution in [-0.4, -0.2) is 55.1 Å². The third kappa shape index (κ3) is 4.16. The Labute approximate surface area is 213 Å². The lowest BCUT2D eigenvalue weighted by molar-refractivity contribution is 0.0455. The first-order chi connectivity index (χ1) is 18.0. The molecule has 37 heavy (non-hydrogen) atoms. The Morgan fingerprint density at radius 3 is 2.46 bits per heavy atom. The van der Waals surface area contributed by atoms with E-state index < -0.39 is 12.3 Å². The molecular formula is C28H28F2N6O. The molecule has 3 aromatic heterocycles. The number of hydrogen-bond acceptors (Lipinski definition) is 5. The van der Waals surface area contributed by atoms with Gasteiger partial charge in [0, 0.05) is 43.2 Å². The van der Waals surface area contributed by atoms with E-state index in [9.17, 15) is 9.18 Å². The zero-order valence-electron chi connectivity index (χ0n) is 20.7. The van der Waals surface area contributed by atoms with Gasteiger partial charge in [-0.25, -0.2) is 13.9 Å². The highest BCUT2D eigenvalue weighted by Gasteiger charge is 2.36. The fourth-order valence-electron chi connectivity index (χ4n) is 5.42. The predicted octanol–water partition coefficient (Wildman–Crippen LogP) is 5.33. The molecule has 6 rings (SSSR count). The number of carbonyl (C=O) groups excluding carboxylic acids is 1. The summed E-state index contributed by atoms with van der Waals surface area (Å²) in [6, 6.07) is 9.29. The highest BCUT2D eigenvalue weighted by atomic mass is 19.1. The summed E-state index contributed by atoms with van der Waals surface area (Å²) in [6.07, 6.45) is 8.93. The van der Waals surface area contributed by atoms with Gasteiger partial charge in [0.2, 0.25) is 0 Å². The van der Waals surface area contributed by atoms with E-state index in [1.807, 2.05) is 37.3 Å². The zero-order chi connectivity index (χ0) is 25.6. The van der Waals surface area contributed by atoms with Gasteiger partial charge in [-0.3, -0.25) is 19.2 Å². The Morgan fingerprint density at radius 1 is 1.03 bits per heavy atom. The van der Waals surface area contributed by atoms with Crippen molar-refractivity contribution in [1.82, 2.24) is 29.5 Å². The van der Waals surface area contributed by atoms with Crippen LogP contribution in [0.5, 0.6) is 0 Å². The number of nitrogens with zero attached hydrogens (tertiary/aromatic N) is 6. The number of rotatable bonds is 5. The van der Waals surface area contributed by atoms with Crippen molar-refractivity contribution in [2.24, 2.45) is 5.92 Å². The van der Waals surface area contributed by atoms with Crippen molar-refractivity contribution in [3.63, 3.8) is 0 Å². The van der Waals surface area contributed by atoms with E-state index >= 15 is 4.39 Å². The highest BCUT2D eigenvalue weighted by Crippen LogP contribution is 2.41. The summed E-state index contributed by atoms with van der Waals surface area (Å²) in [7, 11) is 0. The number of benzene rings is 1. The molecule has 9 heteroatoms. The maximum absolute atomic E-state index is 15.4. The van der Waals surface area contributed by atoms with Crippen molar-refractivity contribution in [3.05, 3.63) is 65.7 Å². The SMILES string of the molecule is Cc1nccnc1-c1nn2ccc(-c3ccc(C4(F)CCCCC4)cc3)nc2c1C(=O)N1CC(CF)C1.